The highest BCUT2D eigenvalue weighted by atomic mass is 16.5. The number of ether oxygens (including phenoxy) is 1. The number of hydrogen-bond donors (Lipinski definition) is 1. The van der Waals surface area contributed by atoms with Gasteiger partial charge in [0.1, 0.15) is 18.5 Å². The molecule has 0 aliphatic rings. The molecule has 2 aromatic rings. The minimum atomic E-state index is -0.516. The molecule has 0 unspecified atom stereocenters. The number of hydrogen-bond acceptors (Lipinski definition) is 3. The monoisotopic (exact) mass is 341 g/mol. The number of aryl methyl sites for hydroxylation is 2. The van der Waals surface area contributed by atoms with Gasteiger partial charge >= 0.3 is 0 Å². The highest BCUT2D eigenvalue weighted by Crippen LogP contribution is 2.18. The summed E-state index contributed by atoms with van der Waals surface area (Å²) >= 11 is 0. The molecular weight excluding hydrogens is 310 g/mol. The van der Waals surface area contributed by atoms with Gasteiger partial charge in [-0.2, -0.15) is 0 Å². The van der Waals surface area contributed by atoms with Crippen molar-refractivity contribution in [3.05, 3.63) is 65.2 Å². The maximum absolute atomic E-state index is 10.5. The van der Waals surface area contributed by atoms with Crippen LogP contribution < -0.4 is 4.74 Å². The van der Waals surface area contributed by atoms with Crippen LogP contribution in [0.25, 0.3) is 0 Å². The molecule has 136 valence electrons. The zero-order valence-corrected chi connectivity index (χ0v) is 15.9. The number of aliphatic hydroxyl groups excluding tert-OH is 1. The van der Waals surface area contributed by atoms with Crippen molar-refractivity contribution < 1.29 is 9.84 Å². The van der Waals surface area contributed by atoms with E-state index in [2.05, 4.69) is 49.9 Å². The number of para-hydroxylation sites is 1. The van der Waals surface area contributed by atoms with E-state index in [1.54, 1.807) is 0 Å². The molecule has 0 aliphatic heterocycles. The number of benzene rings is 2. The third-order valence-corrected chi connectivity index (χ3v) is 4.82. The highest BCUT2D eigenvalue weighted by Gasteiger charge is 2.18. The molecule has 2 atom stereocenters. The summed E-state index contributed by atoms with van der Waals surface area (Å²) in [5, 5.41) is 10.5. The van der Waals surface area contributed by atoms with Gasteiger partial charge in [-0.25, -0.2) is 0 Å². The summed E-state index contributed by atoms with van der Waals surface area (Å²) in [5.41, 5.74) is 3.70. The quantitative estimate of drug-likeness (QED) is 0.736. The Morgan fingerprint density at radius 3 is 2.28 bits per heavy atom. The van der Waals surface area contributed by atoms with E-state index in [1.165, 1.54) is 11.1 Å². The first-order valence-corrected chi connectivity index (χ1v) is 9.16. The third kappa shape index (κ3) is 5.87. The van der Waals surface area contributed by atoms with Gasteiger partial charge in [0.2, 0.25) is 0 Å². The van der Waals surface area contributed by atoms with Gasteiger partial charge in [-0.1, -0.05) is 49.4 Å². The Kier molecular flexibility index (Phi) is 7.48. The van der Waals surface area contributed by atoms with Crippen molar-refractivity contribution in [3.8, 4) is 5.75 Å². The van der Waals surface area contributed by atoms with Crippen molar-refractivity contribution in [2.24, 2.45) is 0 Å². The Hall–Kier alpha value is -1.84. The zero-order valence-electron chi connectivity index (χ0n) is 15.9. The van der Waals surface area contributed by atoms with Gasteiger partial charge in [0, 0.05) is 19.1 Å². The third-order valence-electron chi connectivity index (χ3n) is 4.82. The Morgan fingerprint density at radius 1 is 1.00 bits per heavy atom. The minimum absolute atomic E-state index is 0.311. The highest BCUT2D eigenvalue weighted by molar-refractivity contribution is 5.31. The second-order valence-electron chi connectivity index (χ2n) is 6.84. The molecule has 0 amide bonds. The smallest absolute Gasteiger partial charge is 0.122 e. The molecule has 0 spiro atoms. The van der Waals surface area contributed by atoms with E-state index >= 15 is 0 Å². The first-order chi connectivity index (χ1) is 12.0. The Labute approximate surface area is 152 Å². The SMILES string of the molecule is CC[C@@H](C)N(Cc1ccccc1C)C[C@@H](O)COc1ccccc1C. The van der Waals surface area contributed by atoms with Crippen LogP contribution in [0.15, 0.2) is 48.5 Å². The van der Waals surface area contributed by atoms with Crippen LogP contribution in [0.4, 0.5) is 0 Å². The minimum Gasteiger partial charge on any atom is -0.491 e. The molecule has 0 aromatic heterocycles. The maximum Gasteiger partial charge on any atom is 0.122 e. The predicted molar refractivity (Wildman–Crippen MR) is 104 cm³/mol. The molecule has 0 aliphatic carbocycles. The molecular formula is C22H31NO2. The van der Waals surface area contributed by atoms with Gasteiger partial charge in [0.05, 0.1) is 0 Å². The average molecular weight is 341 g/mol. The summed E-state index contributed by atoms with van der Waals surface area (Å²) in [6.07, 6.45) is 0.537. The first-order valence-electron chi connectivity index (χ1n) is 9.16. The number of aliphatic hydroxyl groups is 1. The van der Waals surface area contributed by atoms with Crippen LogP contribution in [0, 0.1) is 13.8 Å². The number of rotatable bonds is 9. The fourth-order valence-corrected chi connectivity index (χ4v) is 2.89. The largest absolute Gasteiger partial charge is 0.491 e. The van der Waals surface area contributed by atoms with Crippen molar-refractivity contribution in [2.75, 3.05) is 13.2 Å². The second kappa shape index (κ2) is 9.59. The van der Waals surface area contributed by atoms with Crippen molar-refractivity contribution >= 4 is 0 Å². The van der Waals surface area contributed by atoms with Crippen molar-refractivity contribution in [3.63, 3.8) is 0 Å². The van der Waals surface area contributed by atoms with Crippen molar-refractivity contribution in [2.45, 2.75) is 52.8 Å². The lowest BCUT2D eigenvalue weighted by Crippen LogP contribution is -2.40. The average Bonchev–Trinajstić information content (AvgIpc) is 2.61. The summed E-state index contributed by atoms with van der Waals surface area (Å²) in [6.45, 7) is 10.3. The molecule has 2 rings (SSSR count). The lowest BCUT2D eigenvalue weighted by atomic mass is 10.1. The van der Waals surface area contributed by atoms with Crippen LogP contribution in [0.2, 0.25) is 0 Å². The van der Waals surface area contributed by atoms with Crippen LogP contribution in [0.1, 0.15) is 37.0 Å². The standard InChI is InChI=1S/C22H31NO2/c1-5-19(4)23(14-20-12-8-6-10-17(20)2)15-21(24)16-25-22-13-9-7-11-18(22)3/h6-13,19,21,24H,5,14-16H2,1-4H3/t19-,21-/m1/s1. The normalized spacial score (nSPS) is 13.7. The summed E-state index contributed by atoms with van der Waals surface area (Å²) in [4.78, 5) is 2.34. The molecule has 0 heterocycles. The summed E-state index contributed by atoms with van der Waals surface area (Å²) < 4.78 is 5.81. The summed E-state index contributed by atoms with van der Waals surface area (Å²) in [5.74, 6) is 0.843. The van der Waals surface area contributed by atoms with Crippen LogP contribution in [-0.2, 0) is 6.54 Å². The van der Waals surface area contributed by atoms with Crippen molar-refractivity contribution in [1.29, 1.82) is 0 Å². The Balaban J connectivity index is 1.96. The van der Waals surface area contributed by atoms with Gasteiger partial charge < -0.3 is 9.84 Å². The first kappa shape index (κ1) is 19.5. The molecule has 0 saturated heterocycles. The van der Waals surface area contributed by atoms with Gasteiger partial charge in [0.15, 0.2) is 0 Å². The predicted octanol–water partition coefficient (Wildman–Crippen LogP) is 4.34. The van der Waals surface area contributed by atoms with Gasteiger partial charge in [-0.3, -0.25) is 4.90 Å². The van der Waals surface area contributed by atoms with E-state index < -0.39 is 6.10 Å². The number of nitrogens with zero attached hydrogens (tertiary/aromatic N) is 1. The second-order valence-corrected chi connectivity index (χ2v) is 6.84. The van der Waals surface area contributed by atoms with E-state index in [0.717, 1.165) is 24.3 Å². The van der Waals surface area contributed by atoms with Crippen LogP contribution >= 0.6 is 0 Å². The summed E-state index contributed by atoms with van der Waals surface area (Å²) in [7, 11) is 0. The van der Waals surface area contributed by atoms with E-state index in [4.69, 9.17) is 4.74 Å². The molecule has 3 heteroatoms. The van der Waals surface area contributed by atoms with E-state index in [1.807, 2.05) is 31.2 Å². The fourth-order valence-electron chi connectivity index (χ4n) is 2.89. The molecule has 25 heavy (non-hydrogen) atoms. The Morgan fingerprint density at radius 2 is 1.64 bits per heavy atom. The van der Waals surface area contributed by atoms with Crippen LogP contribution in [0.5, 0.6) is 5.75 Å². The van der Waals surface area contributed by atoms with Gasteiger partial charge in [0.25, 0.3) is 0 Å². The molecule has 0 bridgehead atoms. The van der Waals surface area contributed by atoms with Gasteiger partial charge in [-0.15, -0.1) is 0 Å². The molecule has 3 nitrogen and oxygen atoms in total. The van der Waals surface area contributed by atoms with Gasteiger partial charge in [-0.05, 0) is 49.9 Å². The molecule has 0 saturated carbocycles. The zero-order chi connectivity index (χ0) is 18.2. The summed E-state index contributed by atoms with van der Waals surface area (Å²) in [6, 6.07) is 16.8. The van der Waals surface area contributed by atoms with E-state index in [0.29, 0.717) is 19.2 Å². The van der Waals surface area contributed by atoms with Crippen LogP contribution in [0.3, 0.4) is 0 Å². The molecule has 0 radical (unpaired) electrons. The molecule has 2 aromatic carbocycles. The topological polar surface area (TPSA) is 32.7 Å². The maximum atomic E-state index is 10.5. The lowest BCUT2D eigenvalue weighted by molar-refractivity contribution is 0.0503. The molecule has 1 N–H and O–H groups in total. The fraction of sp³-hybridized carbons (Fsp3) is 0.455. The van der Waals surface area contributed by atoms with Crippen LogP contribution in [-0.4, -0.2) is 35.3 Å². The Bertz CT molecular complexity index is 656. The lowest BCUT2D eigenvalue weighted by Gasteiger charge is -2.31. The van der Waals surface area contributed by atoms with Crippen molar-refractivity contribution in [1.82, 2.24) is 4.90 Å². The molecule has 0 fully saturated rings. The van der Waals surface area contributed by atoms with E-state index in [-0.39, 0.29) is 0 Å². The van der Waals surface area contributed by atoms with E-state index in [9.17, 15) is 5.11 Å².